The molecule has 1 amide bonds. The maximum absolute atomic E-state index is 13.6. The fraction of sp³-hybridized carbons (Fsp3) is 0.276. The number of nitrogens with one attached hydrogen (secondary N) is 1. The number of aromatic nitrogens is 3. The van der Waals surface area contributed by atoms with Crippen LogP contribution in [-0.4, -0.2) is 65.5 Å². The Balaban J connectivity index is 1.39. The number of hydrogen-bond donors (Lipinski definition) is 1. The highest BCUT2D eigenvalue weighted by Crippen LogP contribution is 2.25. The Morgan fingerprint density at radius 3 is 2.54 bits per heavy atom. The van der Waals surface area contributed by atoms with Gasteiger partial charge in [0.15, 0.2) is 0 Å². The summed E-state index contributed by atoms with van der Waals surface area (Å²) in [4.78, 5) is 20.2. The van der Waals surface area contributed by atoms with Crippen LogP contribution in [0, 0.1) is 0 Å². The summed E-state index contributed by atoms with van der Waals surface area (Å²) in [7, 11) is 1.66. The van der Waals surface area contributed by atoms with Gasteiger partial charge in [-0.3, -0.25) is 19.4 Å². The van der Waals surface area contributed by atoms with Gasteiger partial charge in [0.25, 0.3) is 5.91 Å². The monoisotopic (exact) mass is 497 g/mol. The van der Waals surface area contributed by atoms with Gasteiger partial charge in [-0.1, -0.05) is 42.5 Å². The molecule has 8 heteroatoms. The molecular weight excluding hydrogens is 466 g/mol. The molecule has 2 aromatic carbocycles. The minimum atomic E-state index is -0.162. The van der Waals surface area contributed by atoms with E-state index in [0.29, 0.717) is 37.6 Å². The van der Waals surface area contributed by atoms with Crippen molar-refractivity contribution in [1.82, 2.24) is 25.0 Å². The van der Waals surface area contributed by atoms with Gasteiger partial charge >= 0.3 is 0 Å². The van der Waals surface area contributed by atoms with Crippen LogP contribution in [0.3, 0.4) is 0 Å². The topological polar surface area (TPSA) is 81.5 Å². The summed E-state index contributed by atoms with van der Waals surface area (Å²) in [5.41, 5.74) is 4.18. The van der Waals surface area contributed by atoms with Gasteiger partial charge in [0.2, 0.25) is 0 Å². The van der Waals surface area contributed by atoms with Crippen molar-refractivity contribution in [3.05, 3.63) is 102 Å². The number of benzene rings is 2. The Hall–Kier alpha value is -4.01. The number of methoxy groups -OCH3 is 1. The molecule has 0 radical (unpaired) electrons. The highest BCUT2D eigenvalue weighted by atomic mass is 16.5. The largest absolute Gasteiger partial charge is 0.497 e. The first-order valence-electron chi connectivity index (χ1n) is 12.5. The molecule has 5 rings (SSSR count). The normalized spacial score (nSPS) is 14.7. The van der Waals surface area contributed by atoms with E-state index in [-0.39, 0.29) is 11.9 Å². The lowest BCUT2D eigenvalue weighted by Crippen LogP contribution is -2.43. The van der Waals surface area contributed by atoms with E-state index in [1.807, 2.05) is 65.5 Å². The van der Waals surface area contributed by atoms with Crippen molar-refractivity contribution < 1.29 is 14.3 Å². The van der Waals surface area contributed by atoms with Crippen LogP contribution in [0.2, 0.25) is 0 Å². The fourth-order valence-electron chi connectivity index (χ4n) is 4.61. The minimum Gasteiger partial charge on any atom is -0.497 e. The number of amides is 1. The number of morpholine rings is 1. The zero-order valence-corrected chi connectivity index (χ0v) is 20.9. The first kappa shape index (κ1) is 24.7. The van der Waals surface area contributed by atoms with Gasteiger partial charge in [-0.15, -0.1) is 0 Å². The van der Waals surface area contributed by atoms with E-state index in [9.17, 15) is 4.79 Å². The molecule has 1 fully saturated rings. The molecule has 1 saturated heterocycles. The standard InChI is InChI=1S/C29H31N5O3/c1-36-25-11-9-23(10-12-25)27(33-14-16-37-17-15-33)19-31-29(35)26-21-34(20-22-6-3-2-4-7-22)32-28(26)24-8-5-13-30-18-24/h2-13,18,21,27H,14-17,19-20H2,1H3,(H,31,35)/t27-/m1/s1. The zero-order valence-electron chi connectivity index (χ0n) is 20.9. The third-order valence-corrected chi connectivity index (χ3v) is 6.57. The molecule has 1 aliphatic heterocycles. The molecular formula is C29H31N5O3. The smallest absolute Gasteiger partial charge is 0.255 e. The molecule has 0 unspecified atom stereocenters. The molecule has 0 aliphatic carbocycles. The maximum Gasteiger partial charge on any atom is 0.255 e. The van der Waals surface area contributed by atoms with E-state index in [1.54, 1.807) is 19.5 Å². The summed E-state index contributed by atoms with van der Waals surface area (Å²) < 4.78 is 12.7. The number of carbonyl (C=O) groups excluding carboxylic acids is 1. The van der Waals surface area contributed by atoms with Gasteiger partial charge in [0.1, 0.15) is 11.4 Å². The van der Waals surface area contributed by atoms with E-state index in [1.165, 1.54) is 0 Å². The molecule has 2 aromatic heterocycles. The van der Waals surface area contributed by atoms with Gasteiger partial charge in [-0.25, -0.2) is 0 Å². The second-order valence-corrected chi connectivity index (χ2v) is 8.96. The van der Waals surface area contributed by atoms with Gasteiger partial charge < -0.3 is 14.8 Å². The lowest BCUT2D eigenvalue weighted by atomic mass is 10.0. The summed E-state index contributed by atoms with van der Waals surface area (Å²) >= 11 is 0. The Bertz CT molecular complexity index is 1290. The van der Waals surface area contributed by atoms with E-state index in [2.05, 4.69) is 27.3 Å². The van der Waals surface area contributed by atoms with Crippen LogP contribution < -0.4 is 10.1 Å². The van der Waals surface area contributed by atoms with Crippen LogP contribution in [0.15, 0.2) is 85.3 Å². The number of hydrogen-bond acceptors (Lipinski definition) is 6. The molecule has 190 valence electrons. The molecule has 0 saturated carbocycles. The van der Waals surface area contributed by atoms with Gasteiger partial charge in [-0.2, -0.15) is 5.10 Å². The average Bonchev–Trinajstić information content (AvgIpc) is 3.39. The van der Waals surface area contributed by atoms with Crippen molar-refractivity contribution in [3.63, 3.8) is 0 Å². The van der Waals surface area contributed by atoms with Gasteiger partial charge in [-0.05, 0) is 35.4 Å². The van der Waals surface area contributed by atoms with Crippen LogP contribution in [-0.2, 0) is 11.3 Å². The second-order valence-electron chi connectivity index (χ2n) is 8.96. The van der Waals surface area contributed by atoms with Gasteiger partial charge in [0, 0.05) is 43.8 Å². The molecule has 0 spiro atoms. The first-order chi connectivity index (χ1) is 18.2. The number of nitrogens with zero attached hydrogens (tertiary/aromatic N) is 4. The molecule has 1 atom stereocenters. The van der Waals surface area contributed by atoms with E-state index < -0.39 is 0 Å². The predicted molar refractivity (Wildman–Crippen MR) is 141 cm³/mol. The van der Waals surface area contributed by atoms with Crippen LogP contribution in [0.25, 0.3) is 11.3 Å². The Morgan fingerprint density at radius 2 is 1.84 bits per heavy atom. The summed E-state index contributed by atoms with van der Waals surface area (Å²) in [6, 6.07) is 21.9. The van der Waals surface area contributed by atoms with Crippen molar-refractivity contribution in [3.8, 4) is 17.0 Å². The van der Waals surface area contributed by atoms with Crippen LogP contribution in [0.5, 0.6) is 5.75 Å². The Morgan fingerprint density at radius 1 is 1.05 bits per heavy atom. The summed E-state index contributed by atoms with van der Waals surface area (Å²) in [6.45, 7) is 4.01. The average molecular weight is 498 g/mol. The van der Waals surface area contributed by atoms with Crippen molar-refractivity contribution in [1.29, 1.82) is 0 Å². The molecule has 37 heavy (non-hydrogen) atoms. The molecule has 8 nitrogen and oxygen atoms in total. The van der Waals surface area contributed by atoms with E-state index in [0.717, 1.165) is 35.5 Å². The predicted octanol–water partition coefficient (Wildman–Crippen LogP) is 3.81. The third kappa shape index (κ3) is 6.04. The van der Waals surface area contributed by atoms with Gasteiger partial charge in [0.05, 0.1) is 38.5 Å². The van der Waals surface area contributed by atoms with E-state index >= 15 is 0 Å². The zero-order chi connectivity index (χ0) is 25.5. The Kier molecular flexibility index (Phi) is 7.88. The minimum absolute atomic E-state index is 0.0139. The summed E-state index contributed by atoms with van der Waals surface area (Å²) in [6.07, 6.45) is 5.27. The number of pyridine rings is 1. The Labute approximate surface area is 216 Å². The fourth-order valence-corrected chi connectivity index (χ4v) is 4.61. The molecule has 3 heterocycles. The van der Waals surface area contributed by atoms with Crippen molar-refractivity contribution in [2.45, 2.75) is 12.6 Å². The van der Waals surface area contributed by atoms with Crippen molar-refractivity contribution in [2.24, 2.45) is 0 Å². The van der Waals surface area contributed by atoms with Crippen LogP contribution >= 0.6 is 0 Å². The second kappa shape index (κ2) is 11.8. The van der Waals surface area contributed by atoms with Crippen LogP contribution in [0.4, 0.5) is 0 Å². The number of ether oxygens (including phenoxy) is 2. The molecule has 0 bridgehead atoms. The molecule has 1 N–H and O–H groups in total. The van der Waals surface area contributed by atoms with E-state index in [4.69, 9.17) is 14.6 Å². The number of rotatable bonds is 9. The quantitative estimate of drug-likeness (QED) is 0.379. The lowest BCUT2D eigenvalue weighted by Gasteiger charge is -2.35. The maximum atomic E-state index is 13.6. The first-order valence-corrected chi connectivity index (χ1v) is 12.5. The molecule has 4 aromatic rings. The summed E-state index contributed by atoms with van der Waals surface area (Å²) in [5, 5.41) is 7.95. The third-order valence-electron chi connectivity index (χ3n) is 6.57. The highest BCUT2D eigenvalue weighted by Gasteiger charge is 2.25. The SMILES string of the molecule is COc1ccc([C@@H](CNC(=O)c2cn(Cc3ccccc3)nc2-c2cccnc2)N2CCOCC2)cc1. The lowest BCUT2D eigenvalue weighted by molar-refractivity contribution is 0.0162. The summed E-state index contributed by atoms with van der Waals surface area (Å²) in [5.74, 6) is 0.644. The van der Waals surface area contributed by atoms with Crippen LogP contribution in [0.1, 0.15) is 27.5 Å². The van der Waals surface area contributed by atoms with Crippen molar-refractivity contribution >= 4 is 5.91 Å². The number of carbonyl (C=O) groups is 1. The molecule has 1 aliphatic rings. The van der Waals surface area contributed by atoms with Crippen molar-refractivity contribution in [2.75, 3.05) is 40.0 Å². The highest BCUT2D eigenvalue weighted by molar-refractivity contribution is 5.99.